The first-order valence-electron chi connectivity index (χ1n) is 11.5. The van der Waals surface area contributed by atoms with Crippen molar-refractivity contribution in [3.63, 3.8) is 0 Å². The predicted octanol–water partition coefficient (Wildman–Crippen LogP) is 5.85. The Morgan fingerprint density at radius 1 is 1.24 bits per heavy atom. The number of benzene rings is 1. The van der Waals surface area contributed by atoms with Gasteiger partial charge in [0.15, 0.2) is 5.13 Å². The van der Waals surface area contributed by atoms with Gasteiger partial charge >= 0.3 is 0 Å². The van der Waals surface area contributed by atoms with Gasteiger partial charge < -0.3 is 15.2 Å². The molecular formula is C26H34N4O2S. The van der Waals surface area contributed by atoms with E-state index in [9.17, 15) is 9.59 Å². The highest BCUT2D eigenvalue weighted by molar-refractivity contribution is 7.14. The van der Waals surface area contributed by atoms with Crippen molar-refractivity contribution in [1.82, 2.24) is 14.9 Å². The van der Waals surface area contributed by atoms with Gasteiger partial charge in [0.05, 0.1) is 17.8 Å². The van der Waals surface area contributed by atoms with E-state index < -0.39 is 0 Å². The second-order valence-corrected chi connectivity index (χ2v) is 9.87. The molecule has 1 aromatic carbocycles. The minimum atomic E-state index is -0.303. The van der Waals surface area contributed by atoms with Crippen molar-refractivity contribution >= 4 is 28.3 Å². The number of rotatable bonds is 10. The van der Waals surface area contributed by atoms with E-state index in [4.69, 9.17) is 0 Å². The Labute approximate surface area is 200 Å². The number of aryl methyl sites for hydroxylation is 1. The largest absolute Gasteiger partial charge is 0.348 e. The number of aromatic nitrogens is 2. The fourth-order valence-electron chi connectivity index (χ4n) is 3.89. The molecule has 2 heterocycles. The molecule has 2 aromatic heterocycles. The van der Waals surface area contributed by atoms with Crippen molar-refractivity contribution in [3.05, 3.63) is 59.2 Å². The van der Waals surface area contributed by atoms with Gasteiger partial charge in [-0.2, -0.15) is 0 Å². The van der Waals surface area contributed by atoms with E-state index in [1.165, 1.54) is 11.3 Å². The minimum Gasteiger partial charge on any atom is -0.348 e. The lowest BCUT2D eigenvalue weighted by Gasteiger charge is -2.33. The quantitative estimate of drug-likeness (QED) is 0.393. The average molecular weight is 467 g/mol. The molecule has 0 radical (unpaired) electrons. The van der Waals surface area contributed by atoms with Gasteiger partial charge in [-0.25, -0.2) is 4.98 Å². The minimum absolute atomic E-state index is 0.0365. The van der Waals surface area contributed by atoms with Crippen LogP contribution in [0, 0.1) is 12.8 Å². The highest BCUT2D eigenvalue weighted by atomic mass is 32.1. The van der Waals surface area contributed by atoms with Crippen LogP contribution in [-0.4, -0.2) is 27.9 Å². The summed E-state index contributed by atoms with van der Waals surface area (Å²) in [6.07, 6.45) is 7.01. The molecule has 0 fully saturated rings. The maximum absolute atomic E-state index is 12.6. The molecule has 3 rings (SSSR count). The Hall–Kier alpha value is -2.93. The second kappa shape index (κ2) is 10.8. The first kappa shape index (κ1) is 24.7. The second-order valence-electron chi connectivity index (χ2n) is 9.01. The van der Waals surface area contributed by atoms with Crippen molar-refractivity contribution < 1.29 is 9.59 Å². The fourth-order valence-corrected chi connectivity index (χ4v) is 4.62. The Morgan fingerprint density at radius 3 is 2.73 bits per heavy atom. The summed E-state index contributed by atoms with van der Waals surface area (Å²) in [5.74, 6) is 0.0455. The Bertz CT molecular complexity index is 1100. The molecule has 2 atom stereocenters. The van der Waals surface area contributed by atoms with Crippen LogP contribution in [0.2, 0.25) is 0 Å². The van der Waals surface area contributed by atoms with Gasteiger partial charge in [-0.05, 0) is 44.7 Å². The lowest BCUT2D eigenvalue weighted by Crippen LogP contribution is -2.33. The number of nitrogens with one attached hydrogen (secondary N) is 2. The average Bonchev–Trinajstić information content (AvgIpc) is 3.48. The molecule has 6 nitrogen and oxygen atoms in total. The summed E-state index contributed by atoms with van der Waals surface area (Å²) < 4.78 is 2.14. The number of carbonyl (C=O) groups excluding carboxylic acids is 2. The van der Waals surface area contributed by atoms with Gasteiger partial charge in [0, 0.05) is 28.9 Å². The zero-order valence-corrected chi connectivity index (χ0v) is 21.0. The van der Waals surface area contributed by atoms with Crippen LogP contribution < -0.4 is 10.6 Å². The van der Waals surface area contributed by atoms with Crippen LogP contribution in [-0.2, 0) is 10.3 Å². The standard InChI is InChI=1S/C26H34N4O2S/c1-6-18(3)14-26(5,7-2)30-12-11-21(16-30)24(32)27-15-23(31)29-25-28-22(17-33-25)20-10-8-9-19(4)13-20/h8-13,16-18H,6-7,14-15H2,1-5H3,(H,27,32)(H,28,29,31). The Morgan fingerprint density at radius 2 is 2.03 bits per heavy atom. The third kappa shape index (κ3) is 6.32. The molecule has 2 amide bonds. The number of carbonyl (C=O) groups is 2. The van der Waals surface area contributed by atoms with Crippen molar-refractivity contribution in [3.8, 4) is 11.3 Å². The summed E-state index contributed by atoms with van der Waals surface area (Å²) in [5.41, 5.74) is 3.51. The molecule has 2 N–H and O–H groups in total. The number of nitrogens with zero attached hydrogens (tertiary/aromatic N) is 2. The fraction of sp³-hybridized carbons (Fsp3) is 0.423. The van der Waals surface area contributed by atoms with Gasteiger partial charge in [0.1, 0.15) is 0 Å². The van der Waals surface area contributed by atoms with Crippen LogP contribution in [0.15, 0.2) is 48.1 Å². The molecule has 0 saturated carbocycles. The van der Waals surface area contributed by atoms with E-state index in [2.05, 4.69) is 53.9 Å². The van der Waals surface area contributed by atoms with Crippen molar-refractivity contribution in [2.45, 2.75) is 59.4 Å². The first-order chi connectivity index (χ1) is 15.7. The summed E-state index contributed by atoms with van der Waals surface area (Å²) in [7, 11) is 0. The van der Waals surface area contributed by atoms with Crippen molar-refractivity contribution in [2.75, 3.05) is 11.9 Å². The van der Waals surface area contributed by atoms with E-state index in [1.807, 2.05) is 49.0 Å². The number of amides is 2. The third-order valence-corrected chi connectivity index (χ3v) is 7.06. The molecule has 0 saturated heterocycles. The molecule has 7 heteroatoms. The summed E-state index contributed by atoms with van der Waals surface area (Å²) >= 11 is 1.37. The summed E-state index contributed by atoms with van der Waals surface area (Å²) in [4.78, 5) is 29.4. The number of thiazole rings is 1. The third-order valence-electron chi connectivity index (χ3n) is 6.30. The zero-order chi connectivity index (χ0) is 24.0. The smallest absolute Gasteiger partial charge is 0.253 e. The summed E-state index contributed by atoms with van der Waals surface area (Å²) in [6, 6.07) is 9.88. The van der Waals surface area contributed by atoms with Crippen LogP contribution in [0.1, 0.15) is 62.9 Å². The van der Waals surface area contributed by atoms with Gasteiger partial charge in [0.25, 0.3) is 5.91 Å². The van der Waals surface area contributed by atoms with E-state index in [0.717, 1.165) is 36.1 Å². The molecule has 0 aliphatic rings. The van der Waals surface area contributed by atoms with Crippen molar-refractivity contribution in [1.29, 1.82) is 0 Å². The lowest BCUT2D eigenvalue weighted by molar-refractivity contribution is -0.115. The molecule has 3 aromatic rings. The van der Waals surface area contributed by atoms with E-state index in [-0.39, 0.29) is 23.9 Å². The summed E-state index contributed by atoms with van der Waals surface area (Å²) in [5, 5.41) is 7.91. The topological polar surface area (TPSA) is 76.0 Å². The Balaban J connectivity index is 1.55. The molecule has 0 aliphatic carbocycles. The molecule has 33 heavy (non-hydrogen) atoms. The predicted molar refractivity (Wildman–Crippen MR) is 136 cm³/mol. The van der Waals surface area contributed by atoms with Gasteiger partial charge in [-0.15, -0.1) is 11.3 Å². The maximum atomic E-state index is 12.6. The molecular weight excluding hydrogens is 432 g/mol. The summed E-state index contributed by atoms with van der Waals surface area (Å²) in [6.45, 7) is 10.8. The number of hydrogen-bond acceptors (Lipinski definition) is 4. The Kier molecular flexibility index (Phi) is 8.08. The highest BCUT2D eigenvalue weighted by Gasteiger charge is 2.26. The SMILES string of the molecule is CCC(C)CC(C)(CC)n1ccc(C(=O)NCC(=O)Nc2nc(-c3cccc(C)c3)cs2)c1. The van der Waals surface area contributed by atoms with Crippen LogP contribution in [0.4, 0.5) is 5.13 Å². The van der Waals surface area contributed by atoms with Crippen molar-refractivity contribution in [2.24, 2.45) is 5.92 Å². The molecule has 0 aliphatic heterocycles. The van der Waals surface area contributed by atoms with E-state index in [1.54, 1.807) is 0 Å². The molecule has 0 spiro atoms. The van der Waals surface area contributed by atoms with Gasteiger partial charge in [0.2, 0.25) is 5.91 Å². The van der Waals surface area contributed by atoms with Gasteiger partial charge in [-0.1, -0.05) is 51.0 Å². The monoisotopic (exact) mass is 466 g/mol. The van der Waals surface area contributed by atoms with Crippen LogP contribution in [0.25, 0.3) is 11.3 Å². The molecule has 0 bridgehead atoms. The lowest BCUT2D eigenvalue weighted by atomic mass is 9.86. The normalized spacial score (nSPS) is 13.8. The van der Waals surface area contributed by atoms with E-state index >= 15 is 0 Å². The zero-order valence-electron chi connectivity index (χ0n) is 20.1. The van der Waals surface area contributed by atoms with Crippen LogP contribution in [0.3, 0.4) is 0 Å². The number of anilines is 1. The maximum Gasteiger partial charge on any atom is 0.253 e. The number of hydrogen-bond donors (Lipinski definition) is 2. The van der Waals surface area contributed by atoms with Gasteiger partial charge in [-0.3, -0.25) is 9.59 Å². The van der Waals surface area contributed by atoms with Crippen LogP contribution in [0.5, 0.6) is 0 Å². The molecule has 176 valence electrons. The highest BCUT2D eigenvalue weighted by Crippen LogP contribution is 2.30. The molecule has 2 unspecified atom stereocenters. The van der Waals surface area contributed by atoms with E-state index in [0.29, 0.717) is 16.6 Å². The first-order valence-corrected chi connectivity index (χ1v) is 12.4. The van der Waals surface area contributed by atoms with Crippen LogP contribution >= 0.6 is 11.3 Å².